The molecule has 0 spiro atoms. The molecule has 1 saturated heterocycles. The molecule has 3 rings (SSSR count). The summed E-state index contributed by atoms with van der Waals surface area (Å²) in [7, 11) is 0. The first-order chi connectivity index (χ1) is 8.72. The molecule has 1 atom stereocenters. The Hall–Kier alpha value is -1.29. The number of hydrogen-bond acceptors (Lipinski definition) is 2. The van der Waals surface area contributed by atoms with Gasteiger partial charge in [0.1, 0.15) is 5.66 Å². The second-order valence-electron chi connectivity index (χ2n) is 6.68. The van der Waals surface area contributed by atoms with Crippen LogP contribution in [0.4, 0.5) is 11.4 Å². The number of hydrogen-bond donors (Lipinski definition) is 2. The summed E-state index contributed by atoms with van der Waals surface area (Å²) in [6, 6.07) is 4.46. The van der Waals surface area contributed by atoms with Crippen LogP contribution in [0.15, 0.2) is 12.1 Å². The van der Waals surface area contributed by atoms with Gasteiger partial charge in [0.2, 0.25) is 0 Å². The van der Waals surface area contributed by atoms with Crippen molar-refractivity contribution in [2.75, 3.05) is 10.2 Å². The Morgan fingerprint density at radius 2 is 1.74 bits per heavy atom. The minimum Gasteiger partial charge on any atom is -0.361 e. The smallest absolute Gasteiger partial charge is 0.175 e. The average Bonchev–Trinajstić information content (AvgIpc) is 2.47. The molecule has 2 N–H and O–H groups in total. The van der Waals surface area contributed by atoms with Gasteiger partial charge in [-0.15, -0.1) is 0 Å². The van der Waals surface area contributed by atoms with Gasteiger partial charge in [0.15, 0.2) is 5.11 Å². The predicted octanol–water partition coefficient (Wildman–Crippen LogP) is 3.31. The van der Waals surface area contributed by atoms with E-state index in [-0.39, 0.29) is 11.2 Å². The summed E-state index contributed by atoms with van der Waals surface area (Å²) < 4.78 is 0. The van der Waals surface area contributed by atoms with E-state index in [1.54, 1.807) is 0 Å². The summed E-state index contributed by atoms with van der Waals surface area (Å²) in [5, 5.41) is 7.92. The van der Waals surface area contributed by atoms with Crippen molar-refractivity contribution >= 4 is 28.7 Å². The summed E-state index contributed by atoms with van der Waals surface area (Å²) >= 11 is 5.59. The minimum absolute atomic E-state index is 0.0153. The molecule has 0 aromatic heterocycles. The first-order valence-corrected chi connectivity index (χ1v) is 7.15. The number of aryl methyl sites for hydroxylation is 2. The topological polar surface area (TPSA) is 27.3 Å². The first kappa shape index (κ1) is 12.7. The fraction of sp³-hybridized carbons (Fsp3) is 0.533. The summed E-state index contributed by atoms with van der Waals surface area (Å²) in [5.74, 6) is 0. The average molecular weight is 275 g/mol. The maximum absolute atomic E-state index is 5.59. The molecule has 1 fully saturated rings. The number of nitrogens with zero attached hydrogens (tertiary/aromatic N) is 1. The Morgan fingerprint density at radius 1 is 1.11 bits per heavy atom. The molecule has 2 heterocycles. The molecule has 19 heavy (non-hydrogen) atoms. The third-order valence-electron chi connectivity index (χ3n) is 4.18. The fourth-order valence-electron chi connectivity index (χ4n) is 3.40. The van der Waals surface area contributed by atoms with Crippen LogP contribution in [0.2, 0.25) is 0 Å². The van der Waals surface area contributed by atoms with Crippen LogP contribution in [0.3, 0.4) is 0 Å². The molecular formula is C15H21N3S. The van der Waals surface area contributed by atoms with Gasteiger partial charge < -0.3 is 10.6 Å². The predicted molar refractivity (Wildman–Crippen MR) is 84.9 cm³/mol. The highest BCUT2D eigenvalue weighted by atomic mass is 32.1. The highest BCUT2D eigenvalue weighted by Gasteiger charge is 2.49. The lowest BCUT2D eigenvalue weighted by Gasteiger charge is -2.48. The molecular weight excluding hydrogens is 254 g/mol. The summed E-state index contributed by atoms with van der Waals surface area (Å²) in [5.41, 5.74) is 4.88. The van der Waals surface area contributed by atoms with Crippen LogP contribution in [-0.2, 0) is 0 Å². The maximum atomic E-state index is 5.59. The lowest BCUT2D eigenvalue weighted by molar-refractivity contribution is 0.310. The zero-order valence-corrected chi connectivity index (χ0v) is 13.0. The van der Waals surface area contributed by atoms with Crippen molar-refractivity contribution in [3.05, 3.63) is 23.3 Å². The highest BCUT2D eigenvalue weighted by Crippen LogP contribution is 2.46. The van der Waals surface area contributed by atoms with Crippen LogP contribution in [0.25, 0.3) is 0 Å². The molecule has 1 unspecified atom stereocenters. The lowest BCUT2D eigenvalue weighted by Crippen LogP contribution is -2.67. The van der Waals surface area contributed by atoms with E-state index in [4.69, 9.17) is 12.2 Å². The van der Waals surface area contributed by atoms with Gasteiger partial charge in [0.25, 0.3) is 0 Å². The normalized spacial score (nSPS) is 27.4. The van der Waals surface area contributed by atoms with Gasteiger partial charge in [-0.05, 0) is 70.1 Å². The Balaban J connectivity index is 2.12. The SMILES string of the molecule is Cc1cc2c(cc1C)N1C(=S)NC(C)(C)CC1(C)N2. The Morgan fingerprint density at radius 3 is 2.42 bits per heavy atom. The van der Waals surface area contributed by atoms with E-state index in [9.17, 15) is 0 Å². The molecule has 1 aromatic carbocycles. The molecule has 0 amide bonds. The van der Waals surface area contributed by atoms with E-state index in [0.717, 1.165) is 11.5 Å². The van der Waals surface area contributed by atoms with Gasteiger partial charge in [-0.2, -0.15) is 0 Å². The van der Waals surface area contributed by atoms with Crippen molar-refractivity contribution < 1.29 is 0 Å². The number of fused-ring (bicyclic) bond motifs is 3. The third-order valence-corrected chi connectivity index (χ3v) is 4.47. The van der Waals surface area contributed by atoms with Crippen molar-refractivity contribution in [1.82, 2.24) is 5.32 Å². The lowest BCUT2D eigenvalue weighted by atomic mass is 9.89. The van der Waals surface area contributed by atoms with E-state index < -0.39 is 0 Å². The fourth-order valence-corrected chi connectivity index (χ4v) is 3.98. The van der Waals surface area contributed by atoms with Gasteiger partial charge in [0, 0.05) is 12.0 Å². The maximum Gasteiger partial charge on any atom is 0.175 e. The van der Waals surface area contributed by atoms with Crippen LogP contribution in [0, 0.1) is 13.8 Å². The first-order valence-electron chi connectivity index (χ1n) is 6.74. The van der Waals surface area contributed by atoms with Gasteiger partial charge in [-0.1, -0.05) is 0 Å². The molecule has 1 aromatic rings. The van der Waals surface area contributed by atoms with Gasteiger partial charge >= 0.3 is 0 Å². The Labute approximate surface area is 120 Å². The molecule has 0 saturated carbocycles. The van der Waals surface area contributed by atoms with Crippen LogP contribution >= 0.6 is 12.2 Å². The van der Waals surface area contributed by atoms with Gasteiger partial charge in [-0.3, -0.25) is 4.90 Å². The van der Waals surface area contributed by atoms with Gasteiger partial charge in [0.05, 0.1) is 11.4 Å². The van der Waals surface area contributed by atoms with Crippen molar-refractivity contribution in [1.29, 1.82) is 0 Å². The van der Waals surface area contributed by atoms with Crippen molar-refractivity contribution in [2.24, 2.45) is 0 Å². The number of nitrogens with one attached hydrogen (secondary N) is 2. The Bertz CT molecular complexity index is 579. The van der Waals surface area contributed by atoms with E-state index >= 15 is 0 Å². The van der Waals surface area contributed by atoms with Crippen LogP contribution in [0.1, 0.15) is 38.3 Å². The van der Waals surface area contributed by atoms with Crippen molar-refractivity contribution in [2.45, 2.75) is 52.2 Å². The van der Waals surface area contributed by atoms with Crippen molar-refractivity contribution in [3.63, 3.8) is 0 Å². The van der Waals surface area contributed by atoms with E-state index in [1.807, 2.05) is 0 Å². The number of rotatable bonds is 0. The third kappa shape index (κ3) is 1.81. The number of anilines is 2. The van der Waals surface area contributed by atoms with Gasteiger partial charge in [-0.25, -0.2) is 0 Å². The molecule has 4 heteroatoms. The molecule has 2 aliphatic heterocycles. The number of thiocarbonyl (C=S) groups is 1. The summed E-state index contributed by atoms with van der Waals surface area (Å²) in [6.45, 7) is 10.9. The largest absolute Gasteiger partial charge is 0.361 e. The molecule has 2 aliphatic rings. The zero-order valence-electron chi connectivity index (χ0n) is 12.2. The van der Waals surface area contributed by atoms with E-state index in [2.05, 4.69) is 62.3 Å². The zero-order chi connectivity index (χ0) is 14.0. The molecule has 3 nitrogen and oxygen atoms in total. The molecule has 0 bridgehead atoms. The van der Waals surface area contributed by atoms with Crippen LogP contribution in [0.5, 0.6) is 0 Å². The molecule has 0 aliphatic carbocycles. The van der Waals surface area contributed by atoms with Crippen LogP contribution < -0.4 is 15.5 Å². The second-order valence-corrected chi connectivity index (χ2v) is 7.07. The quantitative estimate of drug-likeness (QED) is 0.710. The summed E-state index contributed by atoms with van der Waals surface area (Å²) in [4.78, 5) is 2.23. The van der Waals surface area contributed by atoms with Crippen LogP contribution in [-0.4, -0.2) is 16.3 Å². The highest BCUT2D eigenvalue weighted by molar-refractivity contribution is 7.80. The monoisotopic (exact) mass is 275 g/mol. The molecule has 102 valence electrons. The Kier molecular flexibility index (Phi) is 2.43. The van der Waals surface area contributed by atoms with Crippen molar-refractivity contribution in [3.8, 4) is 0 Å². The minimum atomic E-state index is -0.131. The second kappa shape index (κ2) is 3.63. The van der Waals surface area contributed by atoms with E-state index in [0.29, 0.717) is 0 Å². The van der Waals surface area contributed by atoms with E-state index in [1.165, 1.54) is 22.5 Å². The standard InChI is InChI=1S/C15H21N3S/c1-9-6-11-12(7-10(9)2)18-13(19)17-14(3,4)8-15(18,5)16-11/h6-7,16H,8H2,1-5H3,(H,17,19). The molecule has 0 radical (unpaired) electrons. The number of benzene rings is 1. The summed E-state index contributed by atoms with van der Waals surface area (Å²) in [6.07, 6.45) is 0.993.